The van der Waals surface area contributed by atoms with Crippen LogP contribution >= 0.6 is 15.9 Å². The summed E-state index contributed by atoms with van der Waals surface area (Å²) in [5.41, 5.74) is 2.69. The standard InChI is InChI=1S/C15H25BrN2/c1-3-14-11-15(18(4-2)17-14)10-12-7-5-6-8-13(16)9-12/h11-13H,3-10H2,1-2H3. The average molecular weight is 313 g/mol. The van der Waals surface area contributed by atoms with Crippen LogP contribution in [0.4, 0.5) is 0 Å². The molecule has 2 unspecified atom stereocenters. The number of aromatic nitrogens is 2. The van der Waals surface area contributed by atoms with Crippen molar-refractivity contribution < 1.29 is 0 Å². The van der Waals surface area contributed by atoms with Gasteiger partial charge in [-0.25, -0.2) is 0 Å². The molecule has 0 aliphatic heterocycles. The number of rotatable bonds is 4. The Hall–Kier alpha value is -0.310. The van der Waals surface area contributed by atoms with Crippen LogP contribution in [0.15, 0.2) is 6.07 Å². The summed E-state index contributed by atoms with van der Waals surface area (Å²) in [6.07, 6.45) is 9.11. The molecule has 3 heteroatoms. The highest BCUT2D eigenvalue weighted by Crippen LogP contribution is 2.30. The number of halogens is 1. The molecule has 1 fully saturated rings. The summed E-state index contributed by atoms with van der Waals surface area (Å²) in [6, 6.07) is 2.32. The maximum Gasteiger partial charge on any atom is 0.0624 e. The predicted octanol–water partition coefficient (Wildman–Crippen LogP) is 4.35. The van der Waals surface area contributed by atoms with Crippen LogP contribution in [0.2, 0.25) is 0 Å². The molecule has 0 aromatic carbocycles. The maximum atomic E-state index is 4.66. The molecule has 2 nitrogen and oxygen atoms in total. The first-order valence-electron chi connectivity index (χ1n) is 7.42. The summed E-state index contributed by atoms with van der Waals surface area (Å²) in [5, 5.41) is 4.66. The largest absolute Gasteiger partial charge is 0.270 e. The number of hydrogen-bond donors (Lipinski definition) is 0. The summed E-state index contributed by atoms with van der Waals surface area (Å²) in [4.78, 5) is 0.730. The summed E-state index contributed by atoms with van der Waals surface area (Å²) in [6.45, 7) is 5.38. The zero-order valence-corrected chi connectivity index (χ0v) is 13.2. The van der Waals surface area contributed by atoms with Crippen molar-refractivity contribution in [3.8, 4) is 0 Å². The third-order valence-corrected chi connectivity index (χ3v) is 4.87. The molecule has 1 aromatic heterocycles. The lowest BCUT2D eigenvalue weighted by Gasteiger charge is -2.16. The van der Waals surface area contributed by atoms with Crippen LogP contribution < -0.4 is 0 Å². The molecule has 2 atom stereocenters. The normalized spacial score (nSPS) is 25.1. The summed E-state index contributed by atoms with van der Waals surface area (Å²) in [7, 11) is 0. The monoisotopic (exact) mass is 312 g/mol. The fourth-order valence-corrected chi connectivity index (χ4v) is 3.86. The zero-order valence-electron chi connectivity index (χ0n) is 11.7. The summed E-state index contributed by atoms with van der Waals surface area (Å²) in [5.74, 6) is 0.837. The van der Waals surface area contributed by atoms with E-state index in [4.69, 9.17) is 0 Å². The molecule has 1 heterocycles. The first-order valence-corrected chi connectivity index (χ1v) is 8.34. The van der Waals surface area contributed by atoms with Gasteiger partial charge in [0, 0.05) is 17.1 Å². The van der Waals surface area contributed by atoms with Gasteiger partial charge in [-0.05, 0) is 44.6 Å². The van der Waals surface area contributed by atoms with E-state index in [9.17, 15) is 0 Å². The Kier molecular flexibility index (Phi) is 5.28. The van der Waals surface area contributed by atoms with Gasteiger partial charge >= 0.3 is 0 Å². The third-order valence-electron chi connectivity index (χ3n) is 4.04. The van der Waals surface area contributed by atoms with Gasteiger partial charge in [-0.2, -0.15) is 5.10 Å². The van der Waals surface area contributed by atoms with Crippen LogP contribution in [-0.2, 0) is 19.4 Å². The first-order chi connectivity index (χ1) is 8.72. The molecule has 0 saturated heterocycles. The van der Waals surface area contributed by atoms with Gasteiger partial charge in [0.25, 0.3) is 0 Å². The second-order valence-corrected chi connectivity index (χ2v) is 6.78. The van der Waals surface area contributed by atoms with Gasteiger partial charge in [-0.15, -0.1) is 0 Å². The number of hydrogen-bond acceptors (Lipinski definition) is 1. The Morgan fingerprint density at radius 2 is 2.11 bits per heavy atom. The van der Waals surface area contributed by atoms with Crippen LogP contribution in [-0.4, -0.2) is 14.6 Å². The quantitative estimate of drug-likeness (QED) is 0.597. The zero-order chi connectivity index (χ0) is 13.0. The lowest BCUT2D eigenvalue weighted by atomic mass is 9.95. The molecule has 2 rings (SSSR count). The lowest BCUT2D eigenvalue weighted by Crippen LogP contribution is -2.12. The van der Waals surface area contributed by atoms with Gasteiger partial charge in [-0.1, -0.05) is 42.1 Å². The Bertz CT molecular complexity index is 373. The molecule has 1 aliphatic rings. The molecule has 0 radical (unpaired) electrons. The minimum Gasteiger partial charge on any atom is -0.270 e. The molecule has 0 amide bonds. The van der Waals surface area contributed by atoms with Crippen molar-refractivity contribution in [3.63, 3.8) is 0 Å². The fraction of sp³-hybridized carbons (Fsp3) is 0.800. The Balaban J connectivity index is 2.04. The fourth-order valence-electron chi connectivity index (χ4n) is 3.00. The van der Waals surface area contributed by atoms with Crippen LogP contribution in [0.1, 0.15) is 57.3 Å². The van der Waals surface area contributed by atoms with Crippen molar-refractivity contribution in [1.29, 1.82) is 0 Å². The molecule has 102 valence electrons. The van der Waals surface area contributed by atoms with Crippen molar-refractivity contribution in [2.45, 2.75) is 70.2 Å². The lowest BCUT2D eigenvalue weighted by molar-refractivity contribution is 0.444. The molecule has 0 N–H and O–H groups in total. The van der Waals surface area contributed by atoms with Crippen LogP contribution in [0.25, 0.3) is 0 Å². The predicted molar refractivity (Wildman–Crippen MR) is 80.3 cm³/mol. The molecule has 1 saturated carbocycles. The van der Waals surface area contributed by atoms with E-state index < -0.39 is 0 Å². The van der Waals surface area contributed by atoms with E-state index in [0.717, 1.165) is 23.7 Å². The van der Waals surface area contributed by atoms with Crippen molar-refractivity contribution in [2.24, 2.45) is 5.92 Å². The van der Waals surface area contributed by atoms with Crippen LogP contribution in [0.5, 0.6) is 0 Å². The van der Waals surface area contributed by atoms with E-state index in [1.165, 1.54) is 49.9 Å². The number of nitrogens with zero attached hydrogens (tertiary/aromatic N) is 2. The van der Waals surface area contributed by atoms with Crippen molar-refractivity contribution in [3.05, 3.63) is 17.5 Å². The average Bonchev–Trinajstić information content (AvgIpc) is 2.64. The van der Waals surface area contributed by atoms with Crippen LogP contribution in [0.3, 0.4) is 0 Å². The molecule has 1 aromatic rings. The molecule has 1 aliphatic carbocycles. The third kappa shape index (κ3) is 3.59. The Morgan fingerprint density at radius 1 is 1.33 bits per heavy atom. The minimum absolute atomic E-state index is 0.730. The van der Waals surface area contributed by atoms with Gasteiger partial charge in [0.15, 0.2) is 0 Å². The van der Waals surface area contributed by atoms with Gasteiger partial charge < -0.3 is 0 Å². The summed E-state index contributed by atoms with van der Waals surface area (Å²) >= 11 is 3.82. The van der Waals surface area contributed by atoms with E-state index in [1.807, 2.05) is 0 Å². The van der Waals surface area contributed by atoms with Crippen molar-refractivity contribution >= 4 is 15.9 Å². The van der Waals surface area contributed by atoms with E-state index in [-0.39, 0.29) is 0 Å². The van der Waals surface area contributed by atoms with Crippen LogP contribution in [0, 0.1) is 5.92 Å². The number of aryl methyl sites for hydroxylation is 2. The van der Waals surface area contributed by atoms with E-state index in [1.54, 1.807) is 0 Å². The highest BCUT2D eigenvalue weighted by molar-refractivity contribution is 9.09. The molecule has 0 spiro atoms. The number of alkyl halides is 1. The van der Waals surface area contributed by atoms with Gasteiger partial charge in [0.05, 0.1) is 5.69 Å². The molecular weight excluding hydrogens is 288 g/mol. The SMILES string of the molecule is CCc1cc(CC2CCCCC(Br)C2)n(CC)n1. The Labute approximate surface area is 119 Å². The highest BCUT2D eigenvalue weighted by atomic mass is 79.9. The van der Waals surface area contributed by atoms with E-state index in [0.29, 0.717) is 0 Å². The highest BCUT2D eigenvalue weighted by Gasteiger charge is 2.20. The van der Waals surface area contributed by atoms with Crippen molar-refractivity contribution in [2.75, 3.05) is 0 Å². The minimum atomic E-state index is 0.730. The van der Waals surface area contributed by atoms with Gasteiger partial charge in [0.1, 0.15) is 0 Å². The Morgan fingerprint density at radius 3 is 2.83 bits per heavy atom. The summed E-state index contributed by atoms with van der Waals surface area (Å²) < 4.78 is 2.20. The second kappa shape index (κ2) is 6.74. The molecule has 18 heavy (non-hydrogen) atoms. The second-order valence-electron chi connectivity index (χ2n) is 5.48. The van der Waals surface area contributed by atoms with Gasteiger partial charge in [-0.3, -0.25) is 4.68 Å². The smallest absolute Gasteiger partial charge is 0.0624 e. The topological polar surface area (TPSA) is 17.8 Å². The van der Waals surface area contributed by atoms with E-state index in [2.05, 4.69) is 45.6 Å². The van der Waals surface area contributed by atoms with Crippen molar-refractivity contribution in [1.82, 2.24) is 9.78 Å². The maximum absolute atomic E-state index is 4.66. The molecular formula is C15H25BrN2. The molecule has 0 bridgehead atoms. The van der Waals surface area contributed by atoms with Gasteiger partial charge in [0.2, 0.25) is 0 Å². The van der Waals surface area contributed by atoms with E-state index >= 15 is 0 Å². The first kappa shape index (κ1) is 14.1.